The summed E-state index contributed by atoms with van der Waals surface area (Å²) in [6.45, 7) is -0.559. The molecular weight excluding hydrogens is 676 g/mol. The minimum atomic E-state index is -5.07. The molecule has 1 amide bonds. The van der Waals surface area contributed by atoms with Crippen LogP contribution in [0.25, 0.3) is 0 Å². The number of benzene rings is 2. The number of pyridine rings is 1. The third-order valence-electron chi connectivity index (χ3n) is 8.85. The first-order valence-corrected chi connectivity index (χ1v) is 17.7. The number of amides is 1. The fourth-order valence-electron chi connectivity index (χ4n) is 6.65. The molecule has 0 radical (unpaired) electrons. The molecule has 1 saturated carbocycles. The molecule has 6 rings (SSSR count). The zero-order valence-corrected chi connectivity index (χ0v) is 25.9. The van der Waals surface area contributed by atoms with E-state index in [-0.39, 0.29) is 41.5 Å². The number of carbonyl (C=O) groups excluding carboxylic acids is 1. The second kappa shape index (κ2) is 11.4. The Hall–Kier alpha value is -3.86. The molecule has 1 spiro atoms. The molecule has 2 fully saturated rings. The number of aromatic nitrogens is 1. The average molecular weight is 704 g/mol. The van der Waals surface area contributed by atoms with Crippen molar-refractivity contribution in [1.29, 1.82) is 0 Å². The summed E-state index contributed by atoms with van der Waals surface area (Å²) in [6.07, 6.45) is -7.32. The SMILES string of the molecule is O=C(NCc1ncccc1C(F)(F)F)c1ccc2c(c1)C1(CCS(=O)(=O)CC1)C(C1CC1)N2S(=O)(=O)c1cccc(OC(F)(F)F)c1. The van der Waals surface area contributed by atoms with Crippen molar-refractivity contribution in [3.8, 4) is 5.75 Å². The minimum Gasteiger partial charge on any atom is -0.406 e. The lowest BCUT2D eigenvalue weighted by Crippen LogP contribution is -2.52. The number of halogens is 6. The molecule has 9 nitrogen and oxygen atoms in total. The van der Waals surface area contributed by atoms with Gasteiger partial charge in [-0.2, -0.15) is 13.2 Å². The molecule has 1 aliphatic carbocycles. The standard InChI is InChI=1S/C30H27F6N3O6S2/c31-29(32,33)22-5-2-12-37-24(22)17-38-27(40)19-8-9-25-23(15-19)28(10-13-46(41,42)14-11-28)26(18-6-7-18)39(25)47(43,44)21-4-1-3-20(16-21)45-30(34,35)36/h1-5,8-9,12,15-16,18,26H,6-7,10-11,13-14,17H2,(H,38,40). The van der Waals surface area contributed by atoms with Crippen LogP contribution in [0.1, 0.15) is 52.9 Å². The molecule has 47 heavy (non-hydrogen) atoms. The van der Waals surface area contributed by atoms with Crippen LogP contribution in [0, 0.1) is 5.92 Å². The normalized spacial score (nSPS) is 20.6. The van der Waals surface area contributed by atoms with Crippen LogP contribution in [0.4, 0.5) is 32.0 Å². The van der Waals surface area contributed by atoms with Gasteiger partial charge in [0, 0.05) is 23.2 Å². The molecule has 17 heteroatoms. The van der Waals surface area contributed by atoms with E-state index in [9.17, 15) is 48.0 Å². The van der Waals surface area contributed by atoms with Crippen LogP contribution in [0.15, 0.2) is 65.7 Å². The lowest BCUT2D eigenvalue weighted by molar-refractivity contribution is -0.274. The summed E-state index contributed by atoms with van der Waals surface area (Å²) >= 11 is 0. The molecule has 1 saturated heterocycles. The van der Waals surface area contributed by atoms with Gasteiger partial charge in [0.2, 0.25) is 0 Å². The summed E-state index contributed by atoms with van der Waals surface area (Å²) in [7, 11) is -8.02. The van der Waals surface area contributed by atoms with Gasteiger partial charge >= 0.3 is 12.5 Å². The molecule has 1 N–H and O–H groups in total. The number of anilines is 1. The van der Waals surface area contributed by atoms with E-state index < -0.39 is 78.2 Å². The summed E-state index contributed by atoms with van der Waals surface area (Å²) in [4.78, 5) is 16.5. The van der Waals surface area contributed by atoms with E-state index in [0.29, 0.717) is 18.4 Å². The van der Waals surface area contributed by atoms with Gasteiger partial charge in [-0.3, -0.25) is 14.1 Å². The Morgan fingerprint density at radius 3 is 2.34 bits per heavy atom. The molecule has 2 aromatic carbocycles. The first-order valence-electron chi connectivity index (χ1n) is 14.5. The highest BCUT2D eigenvalue weighted by atomic mass is 32.2. The predicted octanol–water partition coefficient (Wildman–Crippen LogP) is 5.36. The maximum Gasteiger partial charge on any atom is 0.573 e. The highest BCUT2D eigenvalue weighted by Crippen LogP contribution is 2.59. The third kappa shape index (κ3) is 6.38. The van der Waals surface area contributed by atoms with Crippen molar-refractivity contribution >= 4 is 31.5 Å². The van der Waals surface area contributed by atoms with Crippen LogP contribution in [-0.4, -0.2) is 51.6 Å². The van der Waals surface area contributed by atoms with Crippen molar-refractivity contribution in [3.05, 3.63) is 83.2 Å². The van der Waals surface area contributed by atoms with Gasteiger partial charge in [-0.25, -0.2) is 16.8 Å². The van der Waals surface area contributed by atoms with Gasteiger partial charge < -0.3 is 10.1 Å². The van der Waals surface area contributed by atoms with Crippen molar-refractivity contribution in [3.63, 3.8) is 0 Å². The number of sulfonamides is 1. The van der Waals surface area contributed by atoms with Gasteiger partial charge in [0.15, 0.2) is 0 Å². The summed E-state index contributed by atoms with van der Waals surface area (Å²) in [5, 5.41) is 2.43. The zero-order valence-electron chi connectivity index (χ0n) is 24.3. The lowest BCUT2D eigenvalue weighted by Gasteiger charge is -2.41. The van der Waals surface area contributed by atoms with Gasteiger partial charge in [0.1, 0.15) is 15.6 Å². The summed E-state index contributed by atoms with van der Waals surface area (Å²) < 4.78 is 138. The number of sulfone groups is 1. The van der Waals surface area contributed by atoms with Crippen molar-refractivity contribution in [2.24, 2.45) is 5.92 Å². The highest BCUT2D eigenvalue weighted by Gasteiger charge is 2.60. The lowest BCUT2D eigenvalue weighted by atomic mass is 9.70. The van der Waals surface area contributed by atoms with Crippen molar-refractivity contribution in [1.82, 2.24) is 10.3 Å². The van der Waals surface area contributed by atoms with E-state index in [4.69, 9.17) is 0 Å². The molecule has 1 unspecified atom stereocenters. The number of ether oxygens (including phenoxy) is 1. The Kier molecular flexibility index (Phi) is 8.01. The molecule has 3 aromatic rings. The maximum absolute atomic E-state index is 14.3. The number of nitrogens with zero attached hydrogens (tertiary/aromatic N) is 2. The van der Waals surface area contributed by atoms with Gasteiger partial charge in [-0.1, -0.05) is 6.07 Å². The van der Waals surface area contributed by atoms with E-state index in [1.165, 1.54) is 18.2 Å². The summed E-state index contributed by atoms with van der Waals surface area (Å²) in [5.74, 6) is -2.22. The number of fused-ring (bicyclic) bond motifs is 2. The topological polar surface area (TPSA) is 123 Å². The van der Waals surface area contributed by atoms with Crippen molar-refractivity contribution in [2.45, 2.75) is 61.1 Å². The van der Waals surface area contributed by atoms with Gasteiger partial charge in [0.05, 0.1) is 45.9 Å². The number of rotatable bonds is 7. The van der Waals surface area contributed by atoms with Gasteiger partial charge in [-0.15, -0.1) is 13.2 Å². The number of hydrogen-bond acceptors (Lipinski definition) is 7. The fourth-order valence-corrected chi connectivity index (χ4v) is 10.0. The second-order valence-corrected chi connectivity index (χ2v) is 15.9. The Bertz CT molecular complexity index is 1930. The number of nitrogens with one attached hydrogen (secondary N) is 1. The molecule has 2 aliphatic heterocycles. The summed E-state index contributed by atoms with van der Waals surface area (Å²) in [6, 6.07) is 9.22. The number of hydrogen-bond donors (Lipinski definition) is 1. The van der Waals surface area contributed by atoms with Crippen LogP contribution >= 0.6 is 0 Å². The quantitative estimate of drug-likeness (QED) is 0.329. The summed E-state index contributed by atoms with van der Waals surface area (Å²) in [5.41, 5.74) is -1.98. The fraction of sp³-hybridized carbons (Fsp3) is 0.400. The first kappa shape index (κ1) is 33.1. The van der Waals surface area contributed by atoms with Crippen molar-refractivity contribution in [2.75, 3.05) is 15.8 Å². The first-order chi connectivity index (χ1) is 21.9. The van der Waals surface area contributed by atoms with Crippen LogP contribution in [0.3, 0.4) is 0 Å². The molecule has 3 aliphatic rings. The van der Waals surface area contributed by atoms with E-state index >= 15 is 0 Å². The highest BCUT2D eigenvalue weighted by molar-refractivity contribution is 7.93. The van der Waals surface area contributed by atoms with Crippen molar-refractivity contribution < 1.29 is 52.7 Å². The van der Waals surface area contributed by atoms with E-state index in [2.05, 4.69) is 15.0 Å². The Morgan fingerprint density at radius 2 is 1.70 bits per heavy atom. The Balaban J connectivity index is 1.41. The van der Waals surface area contributed by atoms with Gasteiger partial charge in [0.25, 0.3) is 15.9 Å². The monoisotopic (exact) mass is 703 g/mol. The van der Waals surface area contributed by atoms with Crippen LogP contribution in [0.5, 0.6) is 5.75 Å². The zero-order chi connectivity index (χ0) is 34.0. The molecule has 0 bridgehead atoms. The number of alkyl halides is 6. The Morgan fingerprint density at radius 1 is 1.00 bits per heavy atom. The predicted molar refractivity (Wildman–Crippen MR) is 156 cm³/mol. The van der Waals surface area contributed by atoms with Gasteiger partial charge in [-0.05, 0) is 79.6 Å². The maximum atomic E-state index is 14.3. The van der Waals surface area contributed by atoms with Crippen LogP contribution in [0.2, 0.25) is 0 Å². The third-order valence-corrected chi connectivity index (χ3v) is 12.3. The average Bonchev–Trinajstić information content (AvgIpc) is 3.79. The molecule has 252 valence electrons. The molecular formula is C30H27F6N3O6S2. The van der Waals surface area contributed by atoms with E-state index in [1.54, 1.807) is 0 Å². The smallest absolute Gasteiger partial charge is 0.406 e. The van der Waals surface area contributed by atoms with Crippen LogP contribution in [-0.2, 0) is 38.0 Å². The molecule has 1 atom stereocenters. The minimum absolute atomic E-state index is 0.00425. The molecule has 1 aromatic heterocycles. The van der Waals surface area contributed by atoms with E-state index in [0.717, 1.165) is 46.9 Å². The van der Waals surface area contributed by atoms with Crippen LogP contribution < -0.4 is 14.4 Å². The largest absolute Gasteiger partial charge is 0.573 e. The second-order valence-electron chi connectivity index (χ2n) is 11.8. The molecule has 3 heterocycles. The van der Waals surface area contributed by atoms with E-state index in [1.807, 2.05) is 0 Å². The number of carbonyl (C=O) groups is 1. The Labute approximate surface area is 265 Å².